The highest BCUT2D eigenvalue weighted by Crippen LogP contribution is 2.21. The lowest BCUT2D eigenvalue weighted by Gasteiger charge is -2.27. The molecule has 5 nitrogen and oxygen atoms in total. The average Bonchev–Trinajstić information content (AvgIpc) is 2.58. The Morgan fingerprint density at radius 3 is 2.41 bits per heavy atom. The van der Waals surface area contributed by atoms with E-state index in [0.717, 1.165) is 0 Å². The average molecular weight is 256 g/mol. The van der Waals surface area contributed by atoms with Gasteiger partial charge in [-0.1, -0.05) is 20.8 Å². The smallest absolute Gasteiger partial charge is 0.326 e. The number of carboxylic acids is 1. The lowest BCUT2D eigenvalue weighted by molar-refractivity contribution is -0.142. The highest BCUT2D eigenvalue weighted by molar-refractivity contribution is 7.11. The van der Waals surface area contributed by atoms with Crippen molar-refractivity contribution in [3.8, 4) is 0 Å². The molecule has 0 saturated carbocycles. The molecule has 1 aromatic rings. The highest BCUT2D eigenvalue weighted by atomic mass is 32.1. The Morgan fingerprint density at radius 1 is 1.47 bits per heavy atom. The van der Waals surface area contributed by atoms with Crippen molar-refractivity contribution in [3.05, 3.63) is 16.1 Å². The molecule has 0 aliphatic rings. The molecule has 1 heterocycles. The summed E-state index contributed by atoms with van der Waals surface area (Å²) in [6.07, 6.45) is 0. The molecule has 0 aliphatic heterocycles. The van der Waals surface area contributed by atoms with Crippen molar-refractivity contribution < 1.29 is 14.7 Å². The summed E-state index contributed by atoms with van der Waals surface area (Å²) in [6, 6.07) is -0.920. The maximum atomic E-state index is 11.9. The second-order valence-electron chi connectivity index (χ2n) is 4.88. The molecule has 1 rings (SSSR count). The van der Waals surface area contributed by atoms with Crippen LogP contribution in [0.15, 0.2) is 5.51 Å². The number of hydrogen-bond donors (Lipinski definition) is 2. The zero-order chi connectivity index (χ0) is 13.2. The molecule has 0 aliphatic carbocycles. The van der Waals surface area contributed by atoms with E-state index in [4.69, 9.17) is 5.11 Å². The van der Waals surface area contributed by atoms with Crippen molar-refractivity contribution in [1.29, 1.82) is 0 Å². The number of aromatic nitrogens is 1. The first-order valence-corrected chi connectivity index (χ1v) is 6.05. The van der Waals surface area contributed by atoms with Gasteiger partial charge in [0.25, 0.3) is 5.91 Å². The third-order valence-corrected chi connectivity index (χ3v) is 3.27. The Kier molecular flexibility index (Phi) is 3.87. The summed E-state index contributed by atoms with van der Waals surface area (Å²) >= 11 is 1.21. The summed E-state index contributed by atoms with van der Waals surface area (Å²) in [5, 5.41) is 11.6. The first-order chi connectivity index (χ1) is 7.73. The maximum Gasteiger partial charge on any atom is 0.326 e. The Hall–Kier alpha value is -1.43. The fraction of sp³-hybridized carbons (Fsp3) is 0.545. The molecular weight excluding hydrogens is 240 g/mol. The van der Waals surface area contributed by atoms with Crippen molar-refractivity contribution in [2.24, 2.45) is 5.41 Å². The van der Waals surface area contributed by atoms with Crippen LogP contribution >= 0.6 is 11.3 Å². The Balaban J connectivity index is 2.86. The predicted molar refractivity (Wildman–Crippen MR) is 65.2 cm³/mol. The Morgan fingerprint density at radius 2 is 2.06 bits per heavy atom. The van der Waals surface area contributed by atoms with Gasteiger partial charge in [-0.2, -0.15) is 0 Å². The van der Waals surface area contributed by atoms with Crippen LogP contribution in [0.5, 0.6) is 0 Å². The van der Waals surface area contributed by atoms with E-state index >= 15 is 0 Å². The van der Waals surface area contributed by atoms with E-state index in [2.05, 4.69) is 10.3 Å². The fourth-order valence-electron chi connectivity index (χ4n) is 1.37. The monoisotopic (exact) mass is 256 g/mol. The van der Waals surface area contributed by atoms with Gasteiger partial charge in [0, 0.05) is 0 Å². The molecule has 0 aromatic carbocycles. The molecule has 0 unspecified atom stereocenters. The minimum atomic E-state index is -1.03. The van der Waals surface area contributed by atoms with Gasteiger partial charge in [-0.05, 0) is 12.3 Å². The number of thiazole rings is 1. The number of hydrogen-bond acceptors (Lipinski definition) is 4. The molecule has 0 saturated heterocycles. The molecular formula is C11H16N2O3S. The molecule has 17 heavy (non-hydrogen) atoms. The standard InChI is InChI=1S/C11H16N2O3S/c1-6-7(17-5-12-6)9(14)13-8(10(15)16)11(2,3)4/h5,8H,1-4H3,(H,13,14)(H,15,16)/t8-/m1/s1. The van der Waals surface area contributed by atoms with E-state index < -0.39 is 17.4 Å². The van der Waals surface area contributed by atoms with Crippen molar-refractivity contribution in [1.82, 2.24) is 10.3 Å². The molecule has 0 radical (unpaired) electrons. The molecule has 1 aromatic heterocycles. The molecule has 6 heteroatoms. The lowest BCUT2D eigenvalue weighted by Crippen LogP contribution is -2.49. The van der Waals surface area contributed by atoms with E-state index in [9.17, 15) is 9.59 Å². The van der Waals surface area contributed by atoms with Gasteiger partial charge in [-0.3, -0.25) is 4.79 Å². The Bertz CT molecular complexity index is 434. The molecule has 0 bridgehead atoms. The number of aliphatic carboxylic acids is 1. The zero-order valence-electron chi connectivity index (χ0n) is 10.3. The summed E-state index contributed by atoms with van der Waals surface area (Å²) in [7, 11) is 0. The van der Waals surface area contributed by atoms with Crippen LogP contribution in [-0.2, 0) is 4.79 Å². The van der Waals surface area contributed by atoms with Gasteiger partial charge >= 0.3 is 5.97 Å². The van der Waals surface area contributed by atoms with Crippen molar-refractivity contribution in [2.45, 2.75) is 33.7 Å². The predicted octanol–water partition coefficient (Wildman–Crippen LogP) is 1.68. The second-order valence-corrected chi connectivity index (χ2v) is 5.73. The van der Waals surface area contributed by atoms with Crippen LogP contribution < -0.4 is 5.32 Å². The molecule has 0 spiro atoms. The Labute approximate surface area is 104 Å². The molecule has 2 N–H and O–H groups in total. The van der Waals surface area contributed by atoms with Gasteiger partial charge in [-0.15, -0.1) is 11.3 Å². The fourth-order valence-corrected chi connectivity index (χ4v) is 2.07. The second kappa shape index (κ2) is 4.83. The largest absolute Gasteiger partial charge is 0.480 e. The van der Waals surface area contributed by atoms with Crippen molar-refractivity contribution >= 4 is 23.2 Å². The van der Waals surface area contributed by atoms with Crippen LogP contribution in [0.2, 0.25) is 0 Å². The summed E-state index contributed by atoms with van der Waals surface area (Å²) in [5.41, 5.74) is 1.64. The van der Waals surface area contributed by atoms with Crippen molar-refractivity contribution in [2.75, 3.05) is 0 Å². The van der Waals surface area contributed by atoms with E-state index in [1.165, 1.54) is 11.3 Å². The van der Waals surface area contributed by atoms with Crippen LogP contribution in [0.3, 0.4) is 0 Å². The molecule has 1 amide bonds. The highest BCUT2D eigenvalue weighted by Gasteiger charge is 2.33. The first kappa shape index (κ1) is 13.6. The summed E-state index contributed by atoms with van der Waals surface area (Å²) in [6.45, 7) is 7.03. The van der Waals surface area contributed by atoms with Crippen LogP contribution in [-0.4, -0.2) is 28.0 Å². The number of aryl methyl sites for hydroxylation is 1. The van der Waals surface area contributed by atoms with Crippen LogP contribution in [0.4, 0.5) is 0 Å². The van der Waals surface area contributed by atoms with Crippen LogP contribution in [0.25, 0.3) is 0 Å². The minimum Gasteiger partial charge on any atom is -0.480 e. The van der Waals surface area contributed by atoms with E-state index in [0.29, 0.717) is 10.6 Å². The number of carbonyl (C=O) groups is 2. The van der Waals surface area contributed by atoms with Crippen molar-refractivity contribution in [3.63, 3.8) is 0 Å². The number of nitrogens with zero attached hydrogens (tertiary/aromatic N) is 1. The maximum absolute atomic E-state index is 11.9. The van der Waals surface area contributed by atoms with E-state index in [1.807, 2.05) is 0 Å². The third kappa shape index (κ3) is 3.26. The quantitative estimate of drug-likeness (QED) is 0.862. The number of rotatable bonds is 3. The molecule has 94 valence electrons. The third-order valence-electron chi connectivity index (χ3n) is 2.34. The number of carboxylic acid groups (broad SMARTS) is 1. The van der Waals surface area contributed by atoms with Crippen LogP contribution in [0.1, 0.15) is 36.1 Å². The van der Waals surface area contributed by atoms with Gasteiger partial charge in [0.1, 0.15) is 10.9 Å². The normalized spacial score (nSPS) is 13.2. The van der Waals surface area contributed by atoms with E-state index in [-0.39, 0.29) is 5.91 Å². The molecule has 1 atom stereocenters. The van der Waals surface area contributed by atoms with Gasteiger partial charge in [-0.25, -0.2) is 9.78 Å². The number of nitrogens with one attached hydrogen (secondary N) is 1. The topological polar surface area (TPSA) is 79.3 Å². The van der Waals surface area contributed by atoms with Gasteiger partial charge in [0.2, 0.25) is 0 Å². The van der Waals surface area contributed by atoms with E-state index in [1.54, 1.807) is 33.2 Å². The summed E-state index contributed by atoms with van der Waals surface area (Å²) in [5.74, 6) is -1.42. The van der Waals surface area contributed by atoms with Gasteiger partial charge in [0.15, 0.2) is 0 Å². The van der Waals surface area contributed by atoms with Crippen LogP contribution in [0, 0.1) is 12.3 Å². The lowest BCUT2D eigenvalue weighted by atomic mass is 9.87. The zero-order valence-corrected chi connectivity index (χ0v) is 11.1. The van der Waals surface area contributed by atoms with Gasteiger partial charge in [0.05, 0.1) is 11.2 Å². The van der Waals surface area contributed by atoms with Gasteiger partial charge < -0.3 is 10.4 Å². The number of carbonyl (C=O) groups excluding carboxylic acids is 1. The molecule has 0 fully saturated rings. The summed E-state index contributed by atoms with van der Waals surface area (Å²) in [4.78, 5) is 27.4. The summed E-state index contributed by atoms with van der Waals surface area (Å²) < 4.78 is 0. The SMILES string of the molecule is Cc1ncsc1C(=O)N[C@H](C(=O)O)C(C)(C)C. The first-order valence-electron chi connectivity index (χ1n) is 5.17. The number of amides is 1. The minimum absolute atomic E-state index is 0.382.